The summed E-state index contributed by atoms with van der Waals surface area (Å²) in [6.07, 6.45) is 0. The number of carbonyl (C=O) groups is 1. The van der Waals surface area contributed by atoms with E-state index < -0.39 is 5.91 Å². The van der Waals surface area contributed by atoms with E-state index in [1.807, 2.05) is 0 Å². The van der Waals surface area contributed by atoms with Gasteiger partial charge in [0.1, 0.15) is 5.75 Å². The molecule has 14 heavy (non-hydrogen) atoms. The molecule has 0 heterocycles. The number of rotatable bonds is 3. The largest absolute Gasteiger partial charge is 0.484 e. The fraction of sp³-hybridized carbons (Fsp3) is 0.125. The van der Waals surface area contributed by atoms with E-state index in [1.54, 1.807) is 12.1 Å². The Morgan fingerprint density at radius 2 is 2.00 bits per heavy atom. The fourth-order valence-corrected chi connectivity index (χ4v) is 1.01. The van der Waals surface area contributed by atoms with Gasteiger partial charge in [-0.25, -0.2) is 0 Å². The van der Waals surface area contributed by atoms with Crippen LogP contribution in [0.5, 0.6) is 5.75 Å². The lowest BCUT2D eigenvalue weighted by atomic mass is 10.3. The van der Waals surface area contributed by atoms with Crippen molar-refractivity contribution in [1.29, 1.82) is 0 Å². The molecular formula is C8H8Cl3NO2. The van der Waals surface area contributed by atoms with Crippen molar-refractivity contribution in [2.45, 2.75) is 0 Å². The molecule has 0 spiro atoms. The van der Waals surface area contributed by atoms with Gasteiger partial charge in [0.15, 0.2) is 6.61 Å². The molecule has 0 fully saturated rings. The molecule has 0 atom stereocenters. The van der Waals surface area contributed by atoms with Crippen LogP contribution >= 0.6 is 35.6 Å². The number of halogens is 3. The molecule has 6 heteroatoms. The van der Waals surface area contributed by atoms with Gasteiger partial charge >= 0.3 is 0 Å². The number of nitrogens with two attached hydrogens (primary N) is 1. The monoisotopic (exact) mass is 255 g/mol. The normalized spacial score (nSPS) is 9.00. The summed E-state index contributed by atoms with van der Waals surface area (Å²) in [5.74, 6) is -0.0701. The molecule has 1 aromatic carbocycles. The number of hydrogen-bond acceptors (Lipinski definition) is 2. The van der Waals surface area contributed by atoms with E-state index in [4.69, 9.17) is 33.7 Å². The van der Waals surface area contributed by atoms with Crippen LogP contribution in [0, 0.1) is 0 Å². The van der Waals surface area contributed by atoms with Gasteiger partial charge in [-0.2, -0.15) is 0 Å². The highest BCUT2D eigenvalue weighted by atomic mass is 35.5. The summed E-state index contributed by atoms with van der Waals surface area (Å²) in [5, 5.41) is 0.816. The third-order valence-corrected chi connectivity index (χ3v) is 2.01. The predicted molar refractivity (Wildman–Crippen MR) is 58.4 cm³/mol. The summed E-state index contributed by atoms with van der Waals surface area (Å²) in [7, 11) is 0. The van der Waals surface area contributed by atoms with Crippen molar-refractivity contribution in [2.75, 3.05) is 6.61 Å². The third-order valence-electron chi connectivity index (χ3n) is 1.27. The average Bonchev–Trinajstić information content (AvgIpc) is 2.07. The molecule has 1 amide bonds. The summed E-state index contributed by atoms with van der Waals surface area (Å²) in [5.41, 5.74) is 4.89. The lowest BCUT2D eigenvalue weighted by Gasteiger charge is -2.03. The molecule has 1 aromatic rings. The minimum atomic E-state index is -0.536. The lowest BCUT2D eigenvalue weighted by molar-refractivity contribution is -0.119. The molecule has 2 N–H and O–H groups in total. The Morgan fingerprint density at radius 1 is 1.36 bits per heavy atom. The zero-order valence-corrected chi connectivity index (χ0v) is 9.33. The summed E-state index contributed by atoms with van der Waals surface area (Å²) < 4.78 is 4.99. The number of amides is 1. The Morgan fingerprint density at radius 3 is 2.50 bits per heavy atom. The number of ether oxygens (including phenoxy) is 1. The van der Waals surface area contributed by atoms with Crippen LogP contribution in [-0.2, 0) is 4.79 Å². The molecule has 1 rings (SSSR count). The van der Waals surface area contributed by atoms with E-state index in [1.165, 1.54) is 6.07 Å². The van der Waals surface area contributed by atoms with Crippen LogP contribution in [-0.4, -0.2) is 12.5 Å². The lowest BCUT2D eigenvalue weighted by Crippen LogP contribution is -2.19. The van der Waals surface area contributed by atoms with Crippen molar-refractivity contribution in [3.63, 3.8) is 0 Å². The maximum atomic E-state index is 10.4. The molecule has 0 aliphatic heterocycles. The topological polar surface area (TPSA) is 52.3 Å². The highest BCUT2D eigenvalue weighted by molar-refractivity contribution is 6.42. The SMILES string of the molecule is Cl.NC(=O)COc1ccc(Cl)c(Cl)c1. The number of primary amides is 1. The van der Waals surface area contributed by atoms with Crippen LogP contribution in [0.4, 0.5) is 0 Å². The Balaban J connectivity index is 0.00000169. The number of hydrogen-bond donors (Lipinski definition) is 1. The first-order chi connectivity index (χ1) is 6.09. The van der Waals surface area contributed by atoms with Crippen molar-refractivity contribution in [3.05, 3.63) is 28.2 Å². The maximum absolute atomic E-state index is 10.4. The van der Waals surface area contributed by atoms with Crippen molar-refractivity contribution >= 4 is 41.5 Å². The van der Waals surface area contributed by atoms with Gasteiger partial charge in [-0.1, -0.05) is 23.2 Å². The number of benzene rings is 1. The highest BCUT2D eigenvalue weighted by Gasteiger charge is 2.01. The van der Waals surface area contributed by atoms with Gasteiger partial charge < -0.3 is 10.5 Å². The first-order valence-electron chi connectivity index (χ1n) is 3.46. The Labute approximate surface area is 97.5 Å². The molecule has 0 unspecified atom stereocenters. The second-order valence-electron chi connectivity index (χ2n) is 2.33. The summed E-state index contributed by atoms with van der Waals surface area (Å²) in [4.78, 5) is 10.4. The van der Waals surface area contributed by atoms with Gasteiger partial charge in [0.2, 0.25) is 0 Å². The van der Waals surface area contributed by atoms with Crippen molar-refractivity contribution < 1.29 is 9.53 Å². The van der Waals surface area contributed by atoms with Gasteiger partial charge in [-0.05, 0) is 12.1 Å². The van der Waals surface area contributed by atoms with Crippen LogP contribution in [0.1, 0.15) is 0 Å². The Hall–Kier alpha value is -0.640. The van der Waals surface area contributed by atoms with E-state index in [-0.39, 0.29) is 19.0 Å². The molecule has 0 aliphatic carbocycles. The van der Waals surface area contributed by atoms with Crippen LogP contribution in [0.3, 0.4) is 0 Å². The van der Waals surface area contributed by atoms with E-state index in [2.05, 4.69) is 0 Å². The Bertz CT molecular complexity index is 330. The van der Waals surface area contributed by atoms with Crippen molar-refractivity contribution in [2.24, 2.45) is 5.73 Å². The quantitative estimate of drug-likeness (QED) is 0.902. The second-order valence-corrected chi connectivity index (χ2v) is 3.15. The molecule has 0 bridgehead atoms. The van der Waals surface area contributed by atoms with Gasteiger partial charge in [0.05, 0.1) is 10.0 Å². The van der Waals surface area contributed by atoms with Crippen LogP contribution in [0.2, 0.25) is 10.0 Å². The van der Waals surface area contributed by atoms with Crippen LogP contribution < -0.4 is 10.5 Å². The van der Waals surface area contributed by atoms with Gasteiger partial charge in [0, 0.05) is 6.07 Å². The minimum Gasteiger partial charge on any atom is -0.484 e. The molecule has 0 saturated carbocycles. The molecular weight excluding hydrogens is 248 g/mol. The minimum absolute atomic E-state index is 0. The molecule has 0 aliphatic rings. The van der Waals surface area contributed by atoms with Crippen molar-refractivity contribution in [1.82, 2.24) is 0 Å². The molecule has 78 valence electrons. The summed E-state index contributed by atoms with van der Waals surface area (Å²) >= 11 is 11.4. The smallest absolute Gasteiger partial charge is 0.255 e. The first kappa shape index (κ1) is 13.4. The average molecular weight is 257 g/mol. The van der Waals surface area contributed by atoms with Crippen LogP contribution in [0.25, 0.3) is 0 Å². The van der Waals surface area contributed by atoms with Gasteiger partial charge in [-0.15, -0.1) is 12.4 Å². The fourth-order valence-electron chi connectivity index (χ4n) is 0.721. The Kier molecular flexibility index (Phi) is 5.69. The molecule has 0 radical (unpaired) electrons. The van der Waals surface area contributed by atoms with E-state index in [0.29, 0.717) is 15.8 Å². The second kappa shape index (κ2) is 5.96. The molecule has 0 saturated heterocycles. The summed E-state index contributed by atoms with van der Waals surface area (Å²) in [6.45, 7) is -0.169. The zero-order chi connectivity index (χ0) is 9.84. The van der Waals surface area contributed by atoms with E-state index >= 15 is 0 Å². The van der Waals surface area contributed by atoms with Crippen molar-refractivity contribution in [3.8, 4) is 5.75 Å². The van der Waals surface area contributed by atoms with Gasteiger partial charge in [-0.3, -0.25) is 4.79 Å². The predicted octanol–water partition coefficient (Wildman–Crippen LogP) is 2.28. The third kappa shape index (κ3) is 4.05. The summed E-state index contributed by atoms with van der Waals surface area (Å²) in [6, 6.07) is 4.71. The molecule has 0 aromatic heterocycles. The standard InChI is InChI=1S/C8H7Cl2NO2.ClH/c9-6-2-1-5(3-7(6)10)13-4-8(11)12;/h1-3H,4H2,(H2,11,12);1H. The van der Waals surface area contributed by atoms with E-state index in [0.717, 1.165) is 0 Å². The number of carbonyl (C=O) groups excluding carboxylic acids is 1. The van der Waals surface area contributed by atoms with E-state index in [9.17, 15) is 4.79 Å². The first-order valence-corrected chi connectivity index (χ1v) is 4.21. The van der Waals surface area contributed by atoms with Crippen LogP contribution in [0.15, 0.2) is 18.2 Å². The van der Waals surface area contributed by atoms with Gasteiger partial charge in [0.25, 0.3) is 5.91 Å². The maximum Gasteiger partial charge on any atom is 0.255 e. The zero-order valence-electron chi connectivity index (χ0n) is 7.00. The molecule has 3 nitrogen and oxygen atoms in total. The highest BCUT2D eigenvalue weighted by Crippen LogP contribution is 2.26.